The van der Waals surface area contributed by atoms with E-state index in [0.717, 1.165) is 35.5 Å². The van der Waals surface area contributed by atoms with Crippen LogP contribution < -0.4 is 9.47 Å². The molecule has 1 unspecified atom stereocenters. The van der Waals surface area contributed by atoms with Crippen LogP contribution in [0.4, 0.5) is 0 Å². The van der Waals surface area contributed by atoms with Gasteiger partial charge in [-0.2, -0.15) is 0 Å². The number of rotatable bonds is 5. The van der Waals surface area contributed by atoms with Gasteiger partial charge in [-0.25, -0.2) is 0 Å². The lowest BCUT2D eigenvalue weighted by atomic mass is 10.1. The number of benzene rings is 2. The second-order valence-electron chi connectivity index (χ2n) is 4.89. The molecule has 20 heavy (non-hydrogen) atoms. The average molecular weight is 270 g/mol. The molecule has 0 spiro atoms. The highest BCUT2D eigenvalue weighted by molar-refractivity contribution is 5.44. The predicted molar refractivity (Wildman–Crippen MR) is 77.2 cm³/mol. The Morgan fingerprint density at radius 2 is 1.75 bits per heavy atom. The van der Waals surface area contributed by atoms with Gasteiger partial charge in [0.2, 0.25) is 0 Å². The minimum absolute atomic E-state index is 0.339. The summed E-state index contributed by atoms with van der Waals surface area (Å²) >= 11 is 0. The number of aliphatic hydroxyl groups excluding tert-OH is 1. The van der Waals surface area contributed by atoms with Crippen molar-refractivity contribution < 1.29 is 14.6 Å². The Balaban J connectivity index is 1.55. The van der Waals surface area contributed by atoms with E-state index in [-0.39, 0.29) is 6.10 Å². The molecule has 0 saturated heterocycles. The highest BCUT2D eigenvalue weighted by Crippen LogP contribution is 2.36. The standard InChI is InChI=1S/C17H18O3/c18-16-10-9-15-14(16)7-4-8-17(15)20-12-11-19-13-5-2-1-3-6-13/h1-8,16,18H,9-12H2. The summed E-state index contributed by atoms with van der Waals surface area (Å²) in [4.78, 5) is 0. The number of aliphatic hydroxyl groups is 1. The Labute approximate surface area is 118 Å². The van der Waals surface area contributed by atoms with E-state index < -0.39 is 0 Å². The lowest BCUT2D eigenvalue weighted by Crippen LogP contribution is -2.10. The van der Waals surface area contributed by atoms with Crippen LogP contribution in [0.2, 0.25) is 0 Å². The van der Waals surface area contributed by atoms with Crippen molar-refractivity contribution in [2.24, 2.45) is 0 Å². The van der Waals surface area contributed by atoms with E-state index >= 15 is 0 Å². The summed E-state index contributed by atoms with van der Waals surface area (Å²) in [5.74, 6) is 1.72. The van der Waals surface area contributed by atoms with E-state index in [1.807, 2.05) is 48.5 Å². The van der Waals surface area contributed by atoms with Gasteiger partial charge >= 0.3 is 0 Å². The molecule has 2 aromatic rings. The van der Waals surface area contributed by atoms with E-state index in [2.05, 4.69) is 0 Å². The van der Waals surface area contributed by atoms with Crippen molar-refractivity contribution in [2.45, 2.75) is 18.9 Å². The summed E-state index contributed by atoms with van der Waals surface area (Å²) in [6.45, 7) is 1.01. The van der Waals surface area contributed by atoms with Gasteiger partial charge < -0.3 is 14.6 Å². The molecule has 0 aliphatic heterocycles. The Morgan fingerprint density at radius 3 is 2.60 bits per heavy atom. The SMILES string of the molecule is OC1CCc2c(OCCOc3ccccc3)cccc21. The van der Waals surface area contributed by atoms with Crippen LogP contribution in [0.15, 0.2) is 48.5 Å². The molecule has 2 aromatic carbocycles. The zero-order valence-electron chi connectivity index (χ0n) is 11.3. The lowest BCUT2D eigenvalue weighted by molar-refractivity contribution is 0.180. The summed E-state index contributed by atoms with van der Waals surface area (Å²) < 4.78 is 11.4. The second-order valence-corrected chi connectivity index (χ2v) is 4.89. The van der Waals surface area contributed by atoms with Crippen molar-refractivity contribution in [2.75, 3.05) is 13.2 Å². The number of hydrogen-bond donors (Lipinski definition) is 1. The molecule has 0 bridgehead atoms. The van der Waals surface area contributed by atoms with Crippen LogP contribution in [-0.2, 0) is 6.42 Å². The third-order valence-corrected chi connectivity index (χ3v) is 3.55. The summed E-state index contributed by atoms with van der Waals surface area (Å²) in [5, 5.41) is 9.85. The van der Waals surface area contributed by atoms with Crippen molar-refractivity contribution in [3.05, 3.63) is 59.7 Å². The minimum Gasteiger partial charge on any atom is -0.490 e. The maximum Gasteiger partial charge on any atom is 0.123 e. The van der Waals surface area contributed by atoms with Crippen LogP contribution in [0.25, 0.3) is 0 Å². The summed E-state index contributed by atoms with van der Waals surface area (Å²) in [7, 11) is 0. The molecule has 0 saturated carbocycles. The Bertz CT molecular complexity index is 566. The number of fused-ring (bicyclic) bond motifs is 1. The molecule has 3 rings (SSSR count). The van der Waals surface area contributed by atoms with Crippen LogP contribution in [-0.4, -0.2) is 18.3 Å². The van der Waals surface area contributed by atoms with Crippen LogP contribution in [0.3, 0.4) is 0 Å². The molecule has 1 atom stereocenters. The molecule has 3 nitrogen and oxygen atoms in total. The van der Waals surface area contributed by atoms with Crippen molar-refractivity contribution in [1.82, 2.24) is 0 Å². The quantitative estimate of drug-likeness (QED) is 0.848. The lowest BCUT2D eigenvalue weighted by Gasteiger charge is -2.12. The second kappa shape index (κ2) is 5.97. The molecule has 104 valence electrons. The molecule has 3 heteroatoms. The largest absolute Gasteiger partial charge is 0.490 e. The fourth-order valence-electron chi connectivity index (χ4n) is 2.56. The molecule has 0 heterocycles. The number of hydrogen-bond acceptors (Lipinski definition) is 3. The van der Waals surface area contributed by atoms with E-state index in [1.165, 1.54) is 0 Å². The molecule has 0 radical (unpaired) electrons. The van der Waals surface area contributed by atoms with Gasteiger partial charge in [0.15, 0.2) is 0 Å². The molecular formula is C17H18O3. The third kappa shape index (κ3) is 2.78. The van der Waals surface area contributed by atoms with E-state index in [0.29, 0.717) is 13.2 Å². The molecule has 0 aromatic heterocycles. The van der Waals surface area contributed by atoms with Crippen molar-refractivity contribution in [3.63, 3.8) is 0 Å². The van der Waals surface area contributed by atoms with E-state index in [4.69, 9.17) is 9.47 Å². The topological polar surface area (TPSA) is 38.7 Å². The molecule has 1 N–H and O–H groups in total. The zero-order valence-corrected chi connectivity index (χ0v) is 11.3. The first-order chi connectivity index (χ1) is 9.84. The fraction of sp³-hybridized carbons (Fsp3) is 0.294. The van der Waals surface area contributed by atoms with E-state index in [1.54, 1.807) is 0 Å². The molecule has 0 fully saturated rings. The third-order valence-electron chi connectivity index (χ3n) is 3.55. The first kappa shape index (κ1) is 13.0. The monoisotopic (exact) mass is 270 g/mol. The Morgan fingerprint density at radius 1 is 0.950 bits per heavy atom. The van der Waals surface area contributed by atoms with Gasteiger partial charge in [-0.15, -0.1) is 0 Å². The van der Waals surface area contributed by atoms with Crippen molar-refractivity contribution in [1.29, 1.82) is 0 Å². The van der Waals surface area contributed by atoms with Gasteiger partial charge in [-0.3, -0.25) is 0 Å². The van der Waals surface area contributed by atoms with Crippen LogP contribution >= 0.6 is 0 Å². The summed E-state index contributed by atoms with van der Waals surface area (Å²) in [6, 6.07) is 15.6. The fourth-order valence-corrected chi connectivity index (χ4v) is 2.56. The molecule has 0 amide bonds. The van der Waals surface area contributed by atoms with Gasteiger partial charge in [-0.1, -0.05) is 30.3 Å². The van der Waals surface area contributed by atoms with E-state index in [9.17, 15) is 5.11 Å². The van der Waals surface area contributed by atoms with Gasteiger partial charge in [-0.05, 0) is 36.6 Å². The van der Waals surface area contributed by atoms with Crippen LogP contribution in [0.5, 0.6) is 11.5 Å². The summed E-state index contributed by atoms with van der Waals surface area (Å²) in [5.41, 5.74) is 2.14. The average Bonchev–Trinajstić information content (AvgIpc) is 2.87. The number of ether oxygens (including phenoxy) is 2. The number of para-hydroxylation sites is 1. The molecule has 1 aliphatic carbocycles. The Kier molecular flexibility index (Phi) is 3.88. The van der Waals surface area contributed by atoms with Crippen molar-refractivity contribution >= 4 is 0 Å². The van der Waals surface area contributed by atoms with Gasteiger partial charge in [0.1, 0.15) is 24.7 Å². The highest BCUT2D eigenvalue weighted by Gasteiger charge is 2.22. The smallest absolute Gasteiger partial charge is 0.123 e. The van der Waals surface area contributed by atoms with Gasteiger partial charge in [0, 0.05) is 5.56 Å². The van der Waals surface area contributed by atoms with Crippen molar-refractivity contribution in [3.8, 4) is 11.5 Å². The molecular weight excluding hydrogens is 252 g/mol. The van der Waals surface area contributed by atoms with Crippen LogP contribution in [0.1, 0.15) is 23.7 Å². The predicted octanol–water partition coefficient (Wildman–Crippen LogP) is 3.12. The minimum atomic E-state index is -0.339. The summed E-state index contributed by atoms with van der Waals surface area (Å²) in [6.07, 6.45) is 1.33. The zero-order chi connectivity index (χ0) is 13.8. The molecule has 1 aliphatic rings. The first-order valence-corrected chi connectivity index (χ1v) is 6.95. The highest BCUT2D eigenvalue weighted by atomic mass is 16.5. The normalized spacial score (nSPS) is 16.8. The van der Waals surface area contributed by atoms with Gasteiger partial charge in [0.25, 0.3) is 0 Å². The first-order valence-electron chi connectivity index (χ1n) is 6.95. The van der Waals surface area contributed by atoms with Crippen LogP contribution in [0, 0.1) is 0 Å². The maximum atomic E-state index is 9.85. The maximum absolute atomic E-state index is 9.85. The van der Waals surface area contributed by atoms with Gasteiger partial charge in [0.05, 0.1) is 6.10 Å². The Hall–Kier alpha value is -2.00.